The van der Waals surface area contributed by atoms with E-state index in [9.17, 15) is 9.59 Å². The third kappa shape index (κ3) is 4.04. The van der Waals surface area contributed by atoms with Crippen LogP contribution in [0.15, 0.2) is 29.8 Å². The highest BCUT2D eigenvalue weighted by molar-refractivity contribution is 7.10. The number of hydrogen-bond acceptors (Lipinski definition) is 5. The number of pyridine rings is 1. The van der Waals surface area contributed by atoms with Crippen LogP contribution in [-0.4, -0.2) is 28.2 Å². The summed E-state index contributed by atoms with van der Waals surface area (Å²) in [6.07, 6.45) is 4.46. The third-order valence-corrected chi connectivity index (χ3v) is 5.74. The second-order valence-electron chi connectivity index (χ2n) is 6.91. The van der Waals surface area contributed by atoms with Gasteiger partial charge in [0.15, 0.2) is 0 Å². The van der Waals surface area contributed by atoms with Crippen molar-refractivity contribution in [3.63, 3.8) is 0 Å². The van der Waals surface area contributed by atoms with Gasteiger partial charge in [-0.1, -0.05) is 19.4 Å². The Balaban J connectivity index is 1.79. The van der Waals surface area contributed by atoms with Gasteiger partial charge in [-0.2, -0.15) is 0 Å². The van der Waals surface area contributed by atoms with E-state index in [1.165, 1.54) is 6.20 Å². The number of nitrogens with two attached hydrogens (primary N) is 1. The number of carbonyl (C=O) groups is 2. The van der Waals surface area contributed by atoms with Gasteiger partial charge < -0.3 is 16.0 Å². The number of carbonyl (C=O) groups excluding carboxylic acids is 2. The van der Waals surface area contributed by atoms with Crippen LogP contribution in [0.4, 0.5) is 11.5 Å². The van der Waals surface area contributed by atoms with Crippen LogP contribution < -0.4 is 11.1 Å². The summed E-state index contributed by atoms with van der Waals surface area (Å²) in [5, 5.41) is 4.67. The summed E-state index contributed by atoms with van der Waals surface area (Å²) in [6.45, 7) is 4.53. The van der Waals surface area contributed by atoms with Gasteiger partial charge in [0.2, 0.25) is 0 Å². The fourth-order valence-electron chi connectivity index (χ4n) is 3.34. The van der Waals surface area contributed by atoms with Crippen LogP contribution in [0, 0.1) is 12.8 Å². The molecule has 138 valence electrons. The van der Waals surface area contributed by atoms with E-state index in [0.29, 0.717) is 24.0 Å². The molecule has 1 saturated heterocycles. The molecule has 1 fully saturated rings. The minimum absolute atomic E-state index is 0.0375. The van der Waals surface area contributed by atoms with E-state index in [1.54, 1.807) is 22.3 Å². The molecule has 3 N–H and O–H groups in total. The second kappa shape index (κ2) is 7.86. The van der Waals surface area contributed by atoms with E-state index in [4.69, 9.17) is 5.73 Å². The Morgan fingerprint density at radius 3 is 2.88 bits per heavy atom. The number of nitrogens with one attached hydrogen (secondary N) is 1. The first-order valence-electron chi connectivity index (χ1n) is 8.83. The molecular weight excluding hydrogens is 348 g/mol. The molecule has 0 saturated carbocycles. The third-order valence-electron chi connectivity index (χ3n) is 4.76. The lowest BCUT2D eigenvalue weighted by Gasteiger charge is -2.30. The molecule has 6 nitrogen and oxygen atoms in total. The predicted octanol–water partition coefficient (Wildman–Crippen LogP) is 3.36. The average Bonchev–Trinajstić information content (AvgIpc) is 3.07. The molecular formula is C19H24N4O2S. The molecule has 0 bridgehead atoms. The quantitative estimate of drug-likeness (QED) is 0.791. The molecule has 1 aliphatic heterocycles. The number of aryl methyl sites for hydroxylation is 1. The molecule has 0 unspecified atom stereocenters. The number of anilines is 2. The van der Waals surface area contributed by atoms with Crippen molar-refractivity contribution >= 4 is 34.7 Å². The van der Waals surface area contributed by atoms with Gasteiger partial charge in [0.25, 0.3) is 0 Å². The Hall–Kier alpha value is -2.41. The van der Waals surface area contributed by atoms with Crippen LogP contribution >= 0.6 is 11.3 Å². The van der Waals surface area contributed by atoms with Crippen molar-refractivity contribution < 1.29 is 9.59 Å². The van der Waals surface area contributed by atoms with E-state index >= 15 is 0 Å². The summed E-state index contributed by atoms with van der Waals surface area (Å²) < 4.78 is 0. The Labute approximate surface area is 157 Å². The molecule has 0 radical (unpaired) electrons. The highest BCUT2D eigenvalue weighted by Crippen LogP contribution is 2.34. The summed E-state index contributed by atoms with van der Waals surface area (Å²) >= 11 is 1.63. The number of likely N-dealkylation sites (tertiary alicyclic amines) is 1. The minimum atomic E-state index is -0.633. The highest BCUT2D eigenvalue weighted by Gasteiger charge is 2.33. The number of amides is 2. The number of nitrogens with zero attached hydrogens (tertiary/aromatic N) is 2. The molecule has 7 heteroatoms. The maximum absolute atomic E-state index is 12.9. The van der Waals surface area contributed by atoms with E-state index in [1.807, 2.05) is 24.4 Å². The largest absolute Gasteiger partial charge is 0.383 e. The highest BCUT2D eigenvalue weighted by atomic mass is 32.1. The molecule has 0 aliphatic carbocycles. The molecule has 26 heavy (non-hydrogen) atoms. The lowest BCUT2D eigenvalue weighted by molar-refractivity contribution is -0.145. The number of thiophene rings is 1. The van der Waals surface area contributed by atoms with Gasteiger partial charge in [0, 0.05) is 11.4 Å². The van der Waals surface area contributed by atoms with Crippen molar-refractivity contribution in [2.45, 2.75) is 39.2 Å². The molecule has 2 amide bonds. The van der Waals surface area contributed by atoms with Crippen molar-refractivity contribution in [1.82, 2.24) is 9.88 Å². The molecule has 2 atom stereocenters. The van der Waals surface area contributed by atoms with Gasteiger partial charge in [0.05, 0.1) is 17.9 Å². The SMILES string of the molecule is Cc1cc(NC(=O)C(=O)N2C[C@H](C)CCC[C@H]2c2cccs2)cnc1N. The first-order chi connectivity index (χ1) is 12.5. The van der Waals surface area contributed by atoms with Gasteiger partial charge in [-0.15, -0.1) is 11.3 Å². The van der Waals surface area contributed by atoms with E-state index in [0.717, 1.165) is 29.7 Å². The smallest absolute Gasteiger partial charge is 0.313 e. The topological polar surface area (TPSA) is 88.3 Å². The zero-order valence-corrected chi connectivity index (χ0v) is 15.9. The fourth-order valence-corrected chi connectivity index (χ4v) is 4.21. The zero-order chi connectivity index (χ0) is 18.7. The minimum Gasteiger partial charge on any atom is -0.383 e. The van der Waals surface area contributed by atoms with Gasteiger partial charge in [0.1, 0.15) is 5.82 Å². The maximum atomic E-state index is 12.9. The summed E-state index contributed by atoms with van der Waals surface area (Å²) in [5.74, 6) is -0.344. The Morgan fingerprint density at radius 2 is 2.19 bits per heavy atom. The normalized spacial score (nSPS) is 20.5. The van der Waals surface area contributed by atoms with E-state index in [2.05, 4.69) is 17.2 Å². The maximum Gasteiger partial charge on any atom is 0.313 e. The predicted molar refractivity (Wildman–Crippen MR) is 104 cm³/mol. The lowest BCUT2D eigenvalue weighted by atomic mass is 10.1. The molecule has 0 aromatic carbocycles. The zero-order valence-electron chi connectivity index (χ0n) is 15.1. The van der Waals surface area contributed by atoms with Crippen LogP contribution in [0.25, 0.3) is 0 Å². The number of hydrogen-bond donors (Lipinski definition) is 2. The average molecular weight is 372 g/mol. The molecule has 0 spiro atoms. The van der Waals surface area contributed by atoms with Gasteiger partial charge in [-0.05, 0) is 48.8 Å². The molecule has 3 heterocycles. The molecule has 2 aromatic rings. The van der Waals surface area contributed by atoms with Crippen LogP contribution in [0.1, 0.15) is 42.7 Å². The summed E-state index contributed by atoms with van der Waals surface area (Å²) in [7, 11) is 0. The van der Waals surface area contributed by atoms with Crippen molar-refractivity contribution in [2.24, 2.45) is 5.92 Å². The first-order valence-corrected chi connectivity index (χ1v) is 9.71. The summed E-state index contributed by atoms with van der Waals surface area (Å²) in [6, 6.07) is 5.70. The standard InChI is InChI=1S/C19H24N4O2S/c1-12-5-3-6-15(16-7-4-8-26-16)23(11-12)19(25)18(24)22-14-9-13(2)17(20)21-10-14/h4,7-10,12,15H,3,5-6,11H2,1-2H3,(H2,20,21)(H,22,24)/t12-,15+/m1/s1. The van der Waals surface area contributed by atoms with Gasteiger partial charge >= 0.3 is 11.8 Å². The van der Waals surface area contributed by atoms with Crippen LogP contribution in [0.2, 0.25) is 0 Å². The van der Waals surface area contributed by atoms with Gasteiger partial charge in [-0.3, -0.25) is 9.59 Å². The van der Waals surface area contributed by atoms with Crippen molar-refractivity contribution in [3.8, 4) is 0 Å². The van der Waals surface area contributed by atoms with Crippen molar-refractivity contribution in [1.29, 1.82) is 0 Å². The number of nitrogen functional groups attached to an aromatic ring is 1. The Kier molecular flexibility index (Phi) is 5.56. The monoisotopic (exact) mass is 372 g/mol. The fraction of sp³-hybridized carbons (Fsp3) is 0.421. The van der Waals surface area contributed by atoms with Crippen LogP contribution in [-0.2, 0) is 9.59 Å². The number of rotatable bonds is 2. The molecule has 3 rings (SSSR count). The number of aromatic nitrogens is 1. The van der Waals surface area contributed by atoms with Crippen LogP contribution in [0.3, 0.4) is 0 Å². The first kappa shape index (κ1) is 18.4. The molecule has 2 aromatic heterocycles. The molecule has 1 aliphatic rings. The van der Waals surface area contributed by atoms with E-state index in [-0.39, 0.29) is 6.04 Å². The van der Waals surface area contributed by atoms with Crippen molar-refractivity contribution in [3.05, 3.63) is 40.2 Å². The van der Waals surface area contributed by atoms with E-state index < -0.39 is 11.8 Å². The van der Waals surface area contributed by atoms with Crippen LogP contribution in [0.5, 0.6) is 0 Å². The Bertz CT molecular complexity index is 791. The lowest BCUT2D eigenvalue weighted by Crippen LogP contribution is -2.43. The van der Waals surface area contributed by atoms with Crippen molar-refractivity contribution in [2.75, 3.05) is 17.6 Å². The summed E-state index contributed by atoms with van der Waals surface area (Å²) in [4.78, 5) is 32.4. The second-order valence-corrected chi connectivity index (χ2v) is 7.88. The summed E-state index contributed by atoms with van der Waals surface area (Å²) in [5.41, 5.74) is 6.94. The van der Waals surface area contributed by atoms with Gasteiger partial charge in [-0.25, -0.2) is 4.98 Å². The Morgan fingerprint density at radius 1 is 1.38 bits per heavy atom.